The van der Waals surface area contributed by atoms with Crippen LogP contribution in [0.25, 0.3) is 11.1 Å². The van der Waals surface area contributed by atoms with Gasteiger partial charge in [0.1, 0.15) is 0 Å². The van der Waals surface area contributed by atoms with Crippen LogP contribution in [0.2, 0.25) is 13.1 Å². The summed E-state index contributed by atoms with van der Waals surface area (Å²) in [6.45, 7) is 5.83. The Labute approximate surface area is 178 Å². The van der Waals surface area contributed by atoms with Crippen molar-refractivity contribution in [2.45, 2.75) is 52.5 Å². The number of hydrogen-bond donors (Lipinski definition) is 1. The fourth-order valence-corrected chi connectivity index (χ4v) is 4.04. The number of hydrogen-bond acceptors (Lipinski definition) is 5. The third kappa shape index (κ3) is 5.11. The van der Waals surface area contributed by atoms with Crippen LogP contribution in [0.1, 0.15) is 32.8 Å². The second-order valence-corrected chi connectivity index (χ2v) is 8.93. The molecular weight excluding hydrogens is 379 g/mol. The Morgan fingerprint density at radius 3 is 1.97 bits per heavy atom. The molecule has 6 heteroatoms. The molecule has 5 nitrogen and oxygen atoms in total. The van der Waals surface area contributed by atoms with Crippen LogP contribution < -0.4 is 0 Å². The molecule has 0 spiro atoms. The van der Waals surface area contributed by atoms with Gasteiger partial charge in [-0.15, -0.1) is 0 Å². The fraction of sp³-hybridized carbons (Fsp3) is 0.417. The van der Waals surface area contributed by atoms with Gasteiger partial charge in [-0.25, -0.2) is 0 Å². The summed E-state index contributed by atoms with van der Waals surface area (Å²) in [4.78, 5) is 25.3. The fourth-order valence-electron chi connectivity index (χ4n) is 4.04. The Kier molecular flexibility index (Phi) is 6.37. The van der Waals surface area contributed by atoms with Crippen molar-refractivity contribution < 1.29 is 24.1 Å². The second kappa shape index (κ2) is 8.64. The number of carbonyl (C=O) groups is 2. The summed E-state index contributed by atoms with van der Waals surface area (Å²) in [7, 11) is 0. The van der Waals surface area contributed by atoms with Crippen LogP contribution in [0.3, 0.4) is 0 Å². The molecule has 158 valence electrons. The molecule has 0 bridgehead atoms. The number of benzene rings is 2. The highest BCUT2D eigenvalue weighted by Crippen LogP contribution is 2.39. The Morgan fingerprint density at radius 2 is 1.43 bits per heavy atom. The molecule has 1 aliphatic rings. The van der Waals surface area contributed by atoms with E-state index in [1.54, 1.807) is 27.6 Å². The van der Waals surface area contributed by atoms with Gasteiger partial charge in [-0.1, -0.05) is 61.4 Å². The lowest BCUT2D eigenvalue weighted by Crippen LogP contribution is -2.53. The summed E-state index contributed by atoms with van der Waals surface area (Å²) in [5.41, 5.74) is 1.98. The van der Waals surface area contributed by atoms with Gasteiger partial charge in [0.25, 0.3) is 12.7 Å². The number of esters is 2. The molecule has 0 aromatic heterocycles. The van der Waals surface area contributed by atoms with E-state index in [1.807, 2.05) is 18.2 Å². The molecule has 0 unspecified atom stereocenters. The maximum absolute atomic E-state index is 12.6. The Balaban J connectivity index is 1.76. The van der Waals surface area contributed by atoms with Crippen LogP contribution >= 0.6 is 0 Å². The quantitative estimate of drug-likeness (QED) is 0.419. The first-order valence-electron chi connectivity index (χ1n) is 10.4. The van der Waals surface area contributed by atoms with Gasteiger partial charge in [-0.05, 0) is 48.7 Å². The van der Waals surface area contributed by atoms with E-state index >= 15 is 0 Å². The average molecular weight is 408 g/mol. The van der Waals surface area contributed by atoms with Gasteiger partial charge in [-0.3, -0.25) is 9.59 Å². The number of rotatable bonds is 7. The van der Waals surface area contributed by atoms with Crippen molar-refractivity contribution in [1.29, 1.82) is 0 Å². The first kappa shape index (κ1) is 22.1. The van der Waals surface area contributed by atoms with Crippen LogP contribution in [0.5, 0.6) is 0 Å². The zero-order chi connectivity index (χ0) is 21.9. The lowest BCUT2D eigenvalue weighted by molar-refractivity contribution is -0.250. The van der Waals surface area contributed by atoms with Gasteiger partial charge >= 0.3 is 11.9 Å². The molecule has 30 heavy (non-hydrogen) atoms. The van der Waals surface area contributed by atoms with Crippen LogP contribution in [0.15, 0.2) is 54.6 Å². The summed E-state index contributed by atoms with van der Waals surface area (Å²) < 4.78 is 10.7. The number of carbonyl (C=O) groups excluding carboxylic acids is 2. The normalized spacial score (nSPS) is 18.3. The third-order valence-corrected chi connectivity index (χ3v) is 5.53. The van der Waals surface area contributed by atoms with Gasteiger partial charge in [0.05, 0.1) is 0 Å². The zero-order valence-electron chi connectivity index (χ0n) is 18.1. The highest BCUT2D eigenvalue weighted by molar-refractivity contribution is 6.48. The Bertz CT molecular complexity index is 870. The van der Waals surface area contributed by atoms with E-state index in [2.05, 4.69) is 36.4 Å². The second-order valence-electron chi connectivity index (χ2n) is 8.93. The van der Waals surface area contributed by atoms with Crippen molar-refractivity contribution >= 4 is 18.9 Å². The van der Waals surface area contributed by atoms with E-state index in [-0.39, 0.29) is 12.3 Å². The van der Waals surface area contributed by atoms with Gasteiger partial charge in [-0.2, -0.15) is 0 Å². The molecule has 1 fully saturated rings. The van der Waals surface area contributed by atoms with E-state index in [0.717, 1.165) is 16.7 Å². The van der Waals surface area contributed by atoms with E-state index < -0.39 is 30.1 Å². The van der Waals surface area contributed by atoms with Gasteiger partial charge in [0, 0.05) is 13.8 Å². The van der Waals surface area contributed by atoms with Crippen molar-refractivity contribution in [3.63, 3.8) is 0 Å². The van der Waals surface area contributed by atoms with Crippen molar-refractivity contribution in [2.24, 2.45) is 11.3 Å². The zero-order valence-corrected chi connectivity index (χ0v) is 18.1. The molecule has 1 heterocycles. The minimum absolute atomic E-state index is 0.0844. The Hall–Kier alpha value is -2.60. The molecule has 1 aliphatic heterocycles. The number of ether oxygens (including phenoxy) is 2. The van der Waals surface area contributed by atoms with E-state index in [1.165, 1.54) is 0 Å². The number of cyclic esters (lactones) is 2. The van der Waals surface area contributed by atoms with Crippen molar-refractivity contribution in [1.82, 2.24) is 0 Å². The van der Waals surface area contributed by atoms with E-state index in [9.17, 15) is 14.6 Å². The highest BCUT2D eigenvalue weighted by Gasteiger charge is 2.53. The molecule has 1 N–H and O–H groups in total. The molecule has 0 radical (unpaired) electrons. The average Bonchev–Trinajstić information content (AvgIpc) is 2.66. The monoisotopic (exact) mass is 408 g/mol. The lowest BCUT2D eigenvalue weighted by atomic mass is 9.60. The van der Waals surface area contributed by atoms with Crippen molar-refractivity contribution in [3.8, 4) is 11.1 Å². The summed E-state index contributed by atoms with van der Waals surface area (Å²) in [6, 6.07) is 18.4. The van der Waals surface area contributed by atoms with Crippen molar-refractivity contribution in [2.75, 3.05) is 0 Å². The molecule has 0 amide bonds. The largest absolute Gasteiger partial charge is 0.451 e. The summed E-state index contributed by atoms with van der Waals surface area (Å²) in [5, 5.41) is 9.99. The van der Waals surface area contributed by atoms with Gasteiger partial charge in [0.15, 0.2) is 5.41 Å². The molecule has 0 aliphatic carbocycles. The molecular formula is C24H29BO5. The topological polar surface area (TPSA) is 72.8 Å². The molecule has 3 rings (SSSR count). The summed E-state index contributed by atoms with van der Waals surface area (Å²) in [5.74, 6) is -2.47. The smallest absolute Gasteiger partial charge is 0.326 e. The Morgan fingerprint density at radius 1 is 0.900 bits per heavy atom. The predicted molar refractivity (Wildman–Crippen MR) is 117 cm³/mol. The molecule has 1 saturated heterocycles. The van der Waals surface area contributed by atoms with Crippen molar-refractivity contribution in [3.05, 3.63) is 60.2 Å². The molecule has 2 aromatic rings. The van der Waals surface area contributed by atoms with Crippen LogP contribution in [0, 0.1) is 11.3 Å². The van der Waals surface area contributed by atoms with Crippen LogP contribution in [0.4, 0.5) is 0 Å². The summed E-state index contributed by atoms with van der Waals surface area (Å²) in [6.07, 6.45) is 1.37. The SMILES string of the molecule is CB(O)C[C@H](Cc1ccc(-c2ccccc2)cc1)CC1(C)C(=O)OC(C)(C)OC1=O. The van der Waals surface area contributed by atoms with Gasteiger partial charge < -0.3 is 14.5 Å². The third-order valence-electron chi connectivity index (χ3n) is 5.53. The molecule has 2 aromatic carbocycles. The summed E-state index contributed by atoms with van der Waals surface area (Å²) >= 11 is 0. The maximum Gasteiger partial charge on any atom is 0.326 e. The van der Waals surface area contributed by atoms with Crippen LogP contribution in [-0.4, -0.2) is 29.7 Å². The van der Waals surface area contributed by atoms with Gasteiger partial charge in [0.2, 0.25) is 0 Å². The molecule has 1 atom stereocenters. The first-order chi connectivity index (χ1) is 14.1. The highest BCUT2D eigenvalue weighted by atomic mass is 16.7. The van der Waals surface area contributed by atoms with E-state index in [4.69, 9.17) is 9.47 Å². The van der Waals surface area contributed by atoms with Crippen LogP contribution in [-0.2, 0) is 25.5 Å². The predicted octanol–water partition coefficient (Wildman–Crippen LogP) is 4.36. The maximum atomic E-state index is 12.6. The minimum atomic E-state index is -1.38. The van der Waals surface area contributed by atoms with E-state index in [0.29, 0.717) is 12.7 Å². The first-order valence-corrected chi connectivity index (χ1v) is 10.4. The standard InChI is InChI=1S/C24H29BO5/c1-23(2)29-21(26)24(3,22(27)30-23)15-18(16-25(4)28)14-17-10-12-20(13-11-17)19-8-6-5-7-9-19/h5-13,18,28H,14-16H2,1-4H3/t18-/m1/s1. The lowest BCUT2D eigenvalue weighted by Gasteiger charge is -2.39. The molecule has 0 saturated carbocycles. The minimum Gasteiger partial charge on any atom is -0.451 e.